The number of anilines is 2. The molecule has 2 N–H and O–H groups in total. The first kappa shape index (κ1) is 16.8. The van der Waals surface area contributed by atoms with Crippen molar-refractivity contribution in [2.75, 3.05) is 16.9 Å². The summed E-state index contributed by atoms with van der Waals surface area (Å²) < 4.78 is 22.7. The fourth-order valence-electron chi connectivity index (χ4n) is 2.57. The fraction of sp³-hybridized carbons (Fsp3) is 0.562. The van der Waals surface area contributed by atoms with Crippen molar-refractivity contribution in [1.82, 2.24) is 0 Å². The molecular formula is C16H24N2O3S. The number of rotatable bonds is 5. The minimum absolute atomic E-state index is 0.504. The maximum absolute atomic E-state index is 11.9. The van der Waals surface area contributed by atoms with E-state index in [0.717, 1.165) is 11.9 Å². The van der Waals surface area contributed by atoms with Crippen LogP contribution >= 0.6 is 0 Å². The Morgan fingerprint density at radius 2 is 1.64 bits per heavy atom. The van der Waals surface area contributed by atoms with Gasteiger partial charge in [-0.1, -0.05) is 19.3 Å². The van der Waals surface area contributed by atoms with Gasteiger partial charge in [0, 0.05) is 23.7 Å². The van der Waals surface area contributed by atoms with Crippen LogP contribution in [0.15, 0.2) is 24.3 Å². The highest BCUT2D eigenvalue weighted by atomic mass is 32.2. The molecule has 0 bridgehead atoms. The Bertz CT molecular complexity index is 605. The van der Waals surface area contributed by atoms with Crippen molar-refractivity contribution in [3.8, 4) is 0 Å². The SMILES string of the molecule is CC(C(=O)Nc1ccc(NC2CCCCC2)cc1)S(C)(=O)=O. The Morgan fingerprint density at radius 3 is 2.18 bits per heavy atom. The molecule has 1 fully saturated rings. The summed E-state index contributed by atoms with van der Waals surface area (Å²) in [5, 5.41) is 5.08. The van der Waals surface area contributed by atoms with Gasteiger partial charge in [0.05, 0.1) is 0 Å². The van der Waals surface area contributed by atoms with Gasteiger partial charge in [0.25, 0.3) is 0 Å². The largest absolute Gasteiger partial charge is 0.382 e. The third kappa shape index (κ3) is 4.73. The number of hydrogen-bond acceptors (Lipinski definition) is 4. The molecule has 1 amide bonds. The topological polar surface area (TPSA) is 75.3 Å². The zero-order valence-electron chi connectivity index (χ0n) is 13.1. The van der Waals surface area contributed by atoms with E-state index in [1.165, 1.54) is 39.0 Å². The predicted molar refractivity (Wildman–Crippen MR) is 89.9 cm³/mol. The molecule has 1 aliphatic rings. The van der Waals surface area contributed by atoms with E-state index in [1.807, 2.05) is 12.1 Å². The van der Waals surface area contributed by atoms with Gasteiger partial charge in [-0.25, -0.2) is 8.42 Å². The molecule has 1 aromatic carbocycles. The molecule has 0 aromatic heterocycles. The van der Waals surface area contributed by atoms with Crippen LogP contribution in [0.25, 0.3) is 0 Å². The van der Waals surface area contributed by atoms with E-state index in [9.17, 15) is 13.2 Å². The summed E-state index contributed by atoms with van der Waals surface area (Å²) in [4.78, 5) is 11.9. The number of benzene rings is 1. The van der Waals surface area contributed by atoms with Crippen molar-refractivity contribution in [2.24, 2.45) is 0 Å². The highest BCUT2D eigenvalue weighted by molar-refractivity contribution is 7.92. The third-order valence-electron chi connectivity index (χ3n) is 4.14. The monoisotopic (exact) mass is 324 g/mol. The molecule has 0 heterocycles. The first-order chi connectivity index (χ1) is 10.4. The lowest BCUT2D eigenvalue weighted by Crippen LogP contribution is -2.31. The molecule has 1 aliphatic carbocycles. The van der Waals surface area contributed by atoms with E-state index in [2.05, 4.69) is 10.6 Å². The van der Waals surface area contributed by atoms with E-state index in [0.29, 0.717) is 11.7 Å². The molecule has 22 heavy (non-hydrogen) atoms. The Labute approximate surface area is 132 Å². The van der Waals surface area contributed by atoms with Gasteiger partial charge < -0.3 is 10.6 Å². The Kier molecular flexibility index (Phi) is 5.45. The molecule has 0 radical (unpaired) electrons. The van der Waals surface area contributed by atoms with Gasteiger partial charge in [-0.3, -0.25) is 4.79 Å². The summed E-state index contributed by atoms with van der Waals surface area (Å²) in [5.41, 5.74) is 1.63. The third-order valence-corrected chi connectivity index (χ3v) is 5.64. The highest BCUT2D eigenvalue weighted by Crippen LogP contribution is 2.22. The van der Waals surface area contributed by atoms with Crippen LogP contribution in [0.4, 0.5) is 11.4 Å². The maximum atomic E-state index is 11.9. The minimum atomic E-state index is -3.37. The van der Waals surface area contributed by atoms with E-state index >= 15 is 0 Å². The molecule has 1 saturated carbocycles. The number of hydrogen-bond donors (Lipinski definition) is 2. The number of carbonyl (C=O) groups excluding carboxylic acids is 1. The summed E-state index contributed by atoms with van der Waals surface area (Å²) in [5.74, 6) is -0.504. The van der Waals surface area contributed by atoms with Crippen LogP contribution in [0.3, 0.4) is 0 Å². The van der Waals surface area contributed by atoms with Crippen LogP contribution in [-0.4, -0.2) is 31.9 Å². The average molecular weight is 324 g/mol. The van der Waals surface area contributed by atoms with Gasteiger partial charge in [0.1, 0.15) is 5.25 Å². The lowest BCUT2D eigenvalue weighted by molar-refractivity contribution is -0.115. The first-order valence-electron chi connectivity index (χ1n) is 7.72. The van der Waals surface area contributed by atoms with Crippen molar-refractivity contribution in [1.29, 1.82) is 0 Å². The zero-order valence-corrected chi connectivity index (χ0v) is 13.9. The second-order valence-corrected chi connectivity index (χ2v) is 8.38. The van der Waals surface area contributed by atoms with Crippen molar-refractivity contribution in [2.45, 2.75) is 50.3 Å². The molecular weight excluding hydrogens is 300 g/mol. The van der Waals surface area contributed by atoms with Crippen LogP contribution < -0.4 is 10.6 Å². The molecule has 5 nitrogen and oxygen atoms in total. The summed E-state index contributed by atoms with van der Waals surface area (Å²) in [7, 11) is -3.37. The van der Waals surface area contributed by atoms with E-state index in [1.54, 1.807) is 12.1 Å². The number of sulfone groups is 1. The summed E-state index contributed by atoms with van der Waals surface area (Å²) in [6, 6.07) is 7.93. The van der Waals surface area contributed by atoms with E-state index in [4.69, 9.17) is 0 Å². The van der Waals surface area contributed by atoms with Crippen molar-refractivity contribution >= 4 is 27.1 Å². The number of carbonyl (C=O) groups is 1. The lowest BCUT2D eigenvalue weighted by atomic mass is 9.95. The smallest absolute Gasteiger partial charge is 0.242 e. The zero-order chi connectivity index (χ0) is 16.2. The number of amides is 1. The Hall–Kier alpha value is -1.56. The van der Waals surface area contributed by atoms with Gasteiger partial charge in [-0.2, -0.15) is 0 Å². The molecule has 0 saturated heterocycles. The Balaban J connectivity index is 1.92. The van der Waals surface area contributed by atoms with Crippen LogP contribution in [-0.2, 0) is 14.6 Å². The maximum Gasteiger partial charge on any atom is 0.242 e. The molecule has 1 atom stereocenters. The molecule has 6 heteroatoms. The van der Waals surface area contributed by atoms with Gasteiger partial charge in [0.15, 0.2) is 9.84 Å². The number of nitrogens with one attached hydrogen (secondary N) is 2. The summed E-state index contributed by atoms with van der Waals surface area (Å²) in [6.45, 7) is 1.39. The highest BCUT2D eigenvalue weighted by Gasteiger charge is 2.23. The standard InChI is InChI=1S/C16H24N2O3S/c1-12(22(2,20)21)16(19)18-15-10-8-14(9-11-15)17-13-6-4-3-5-7-13/h8-13,17H,3-7H2,1-2H3,(H,18,19). The van der Waals surface area contributed by atoms with Gasteiger partial charge in [0.2, 0.25) is 5.91 Å². The quantitative estimate of drug-likeness (QED) is 0.873. The van der Waals surface area contributed by atoms with Crippen molar-refractivity contribution in [3.05, 3.63) is 24.3 Å². The van der Waals surface area contributed by atoms with Gasteiger partial charge in [-0.15, -0.1) is 0 Å². The molecule has 1 aromatic rings. The second-order valence-electron chi connectivity index (χ2n) is 6.02. The van der Waals surface area contributed by atoms with Gasteiger partial charge in [-0.05, 0) is 44.0 Å². The van der Waals surface area contributed by atoms with E-state index in [-0.39, 0.29) is 0 Å². The van der Waals surface area contributed by atoms with Crippen molar-refractivity contribution in [3.63, 3.8) is 0 Å². The average Bonchev–Trinajstić information content (AvgIpc) is 2.48. The van der Waals surface area contributed by atoms with Gasteiger partial charge >= 0.3 is 0 Å². The van der Waals surface area contributed by atoms with Crippen LogP contribution in [0, 0.1) is 0 Å². The van der Waals surface area contributed by atoms with Crippen LogP contribution in [0.1, 0.15) is 39.0 Å². The summed E-state index contributed by atoms with van der Waals surface area (Å²) >= 11 is 0. The fourth-order valence-corrected chi connectivity index (χ4v) is 3.02. The lowest BCUT2D eigenvalue weighted by Gasteiger charge is -2.24. The minimum Gasteiger partial charge on any atom is -0.382 e. The normalized spacial score (nSPS) is 17.7. The predicted octanol–water partition coefficient (Wildman–Crippen LogP) is 2.80. The second kappa shape index (κ2) is 7.13. The molecule has 1 unspecified atom stereocenters. The summed E-state index contributed by atoms with van der Waals surface area (Å²) in [6.07, 6.45) is 7.33. The Morgan fingerprint density at radius 1 is 1.09 bits per heavy atom. The van der Waals surface area contributed by atoms with Crippen molar-refractivity contribution < 1.29 is 13.2 Å². The molecule has 0 aliphatic heterocycles. The van der Waals surface area contributed by atoms with E-state index < -0.39 is 21.0 Å². The molecule has 122 valence electrons. The molecule has 2 rings (SSSR count). The van der Waals surface area contributed by atoms with Crippen LogP contribution in [0.2, 0.25) is 0 Å². The molecule has 0 spiro atoms. The van der Waals surface area contributed by atoms with Crippen LogP contribution in [0.5, 0.6) is 0 Å². The first-order valence-corrected chi connectivity index (χ1v) is 9.68.